The van der Waals surface area contributed by atoms with Crippen molar-refractivity contribution in [1.82, 2.24) is 0 Å². The van der Waals surface area contributed by atoms with Gasteiger partial charge in [0.15, 0.2) is 6.10 Å². The third-order valence-corrected chi connectivity index (χ3v) is 9.78. The van der Waals surface area contributed by atoms with Crippen molar-refractivity contribution < 1.29 is 37.6 Å². The van der Waals surface area contributed by atoms with E-state index >= 15 is 0 Å². The van der Waals surface area contributed by atoms with Crippen molar-refractivity contribution in [2.45, 2.75) is 174 Å². The van der Waals surface area contributed by atoms with Crippen molar-refractivity contribution in [2.75, 3.05) is 26.4 Å². The summed E-state index contributed by atoms with van der Waals surface area (Å²) in [5.41, 5.74) is 5.34. The van der Waals surface area contributed by atoms with Crippen LogP contribution in [0, 0.1) is 0 Å². The van der Waals surface area contributed by atoms with Gasteiger partial charge in [-0.3, -0.25) is 18.6 Å². The fourth-order valence-electron chi connectivity index (χ4n) is 5.56. The van der Waals surface area contributed by atoms with Crippen LogP contribution in [0.3, 0.4) is 0 Å². The summed E-state index contributed by atoms with van der Waals surface area (Å²) in [6, 6.07) is 0. The summed E-state index contributed by atoms with van der Waals surface area (Å²) in [5, 5.41) is 0. The lowest BCUT2D eigenvalue weighted by Gasteiger charge is -2.19. The molecule has 0 aromatic rings. The van der Waals surface area contributed by atoms with Gasteiger partial charge in [0, 0.05) is 19.4 Å². The normalized spacial score (nSPS) is 14.1. The van der Waals surface area contributed by atoms with E-state index in [0.29, 0.717) is 12.8 Å². The smallest absolute Gasteiger partial charge is 0.462 e. The van der Waals surface area contributed by atoms with Crippen molar-refractivity contribution in [2.24, 2.45) is 5.73 Å². The summed E-state index contributed by atoms with van der Waals surface area (Å²) in [6.45, 7) is 3.48. The number of phosphoric acid groups is 1. The van der Waals surface area contributed by atoms with Crippen LogP contribution in [0.4, 0.5) is 0 Å². The monoisotopic (exact) mass is 818 g/mol. The number of allylic oxidation sites excluding steroid dienone is 14. The van der Waals surface area contributed by atoms with Gasteiger partial charge in [0.05, 0.1) is 13.2 Å². The molecule has 0 heterocycles. The standard InChI is InChI=1S/C47H80NO8P/c1-3-5-7-9-11-13-15-17-19-21-22-24-26-28-30-32-34-36-38-40-47(50)56-45(44-55-57(51,52)54-42-41-48)43-53-46(49)39-37-35-33-31-29-27-25-23-20-18-16-14-12-10-8-6-4-2/h5,7,11,13,17,19,22,24,28,30,33-36,45H,3-4,6,8-10,12,14-16,18,20-21,23,25-27,29,31-32,37-44,48H2,1-2H3,(H,51,52). The Hall–Kier alpha value is -2.81. The predicted molar refractivity (Wildman–Crippen MR) is 238 cm³/mol. The van der Waals surface area contributed by atoms with E-state index in [-0.39, 0.29) is 32.6 Å². The van der Waals surface area contributed by atoms with Crippen LogP contribution < -0.4 is 5.73 Å². The maximum atomic E-state index is 12.6. The van der Waals surface area contributed by atoms with Gasteiger partial charge in [-0.25, -0.2) is 4.57 Å². The van der Waals surface area contributed by atoms with Gasteiger partial charge in [-0.05, 0) is 64.2 Å². The first-order chi connectivity index (χ1) is 27.8. The molecule has 57 heavy (non-hydrogen) atoms. The number of esters is 2. The summed E-state index contributed by atoms with van der Waals surface area (Å²) in [6.07, 6.45) is 53.6. The Balaban J connectivity index is 4.32. The second kappa shape index (κ2) is 42.8. The average molecular weight is 818 g/mol. The van der Waals surface area contributed by atoms with E-state index in [1.54, 1.807) is 0 Å². The molecule has 10 heteroatoms. The van der Waals surface area contributed by atoms with Gasteiger partial charge in [0.25, 0.3) is 0 Å². The lowest BCUT2D eigenvalue weighted by molar-refractivity contribution is -0.161. The van der Waals surface area contributed by atoms with Gasteiger partial charge in [-0.2, -0.15) is 0 Å². The SMILES string of the molecule is CCC=CCC=CCC=CCC=CCC=CCC=CCCC(=O)OC(COC(=O)CCC=CCCCCCCCCCCCCCCC)COP(=O)(O)OCCN. The summed E-state index contributed by atoms with van der Waals surface area (Å²) < 4.78 is 32.6. The first-order valence-electron chi connectivity index (χ1n) is 22.1. The Morgan fingerprint density at radius 1 is 0.544 bits per heavy atom. The van der Waals surface area contributed by atoms with Crippen LogP contribution in [-0.2, 0) is 32.7 Å². The Bertz CT molecular complexity index is 1210. The predicted octanol–water partition coefficient (Wildman–Crippen LogP) is 12.8. The lowest BCUT2D eigenvalue weighted by Crippen LogP contribution is -2.29. The van der Waals surface area contributed by atoms with E-state index in [1.807, 2.05) is 18.2 Å². The highest BCUT2D eigenvalue weighted by Crippen LogP contribution is 2.43. The van der Waals surface area contributed by atoms with E-state index in [1.165, 1.54) is 77.0 Å². The van der Waals surface area contributed by atoms with Gasteiger partial charge in [0.2, 0.25) is 0 Å². The van der Waals surface area contributed by atoms with Crippen molar-refractivity contribution >= 4 is 19.8 Å². The number of unbranched alkanes of at least 4 members (excludes halogenated alkanes) is 13. The zero-order valence-electron chi connectivity index (χ0n) is 35.8. The van der Waals surface area contributed by atoms with E-state index < -0.39 is 32.5 Å². The topological polar surface area (TPSA) is 134 Å². The number of ether oxygens (including phenoxy) is 2. The van der Waals surface area contributed by atoms with Crippen molar-refractivity contribution in [1.29, 1.82) is 0 Å². The highest BCUT2D eigenvalue weighted by molar-refractivity contribution is 7.47. The molecule has 0 amide bonds. The number of rotatable bonds is 40. The minimum Gasteiger partial charge on any atom is -0.462 e. The largest absolute Gasteiger partial charge is 0.472 e. The van der Waals surface area contributed by atoms with E-state index in [2.05, 4.69) is 80.7 Å². The number of hydrogen-bond acceptors (Lipinski definition) is 8. The van der Waals surface area contributed by atoms with Crippen LogP contribution in [0.2, 0.25) is 0 Å². The minimum absolute atomic E-state index is 0.0341. The molecule has 0 saturated carbocycles. The maximum absolute atomic E-state index is 12.6. The number of carbonyl (C=O) groups is 2. The molecular formula is C47H80NO8P. The molecule has 0 aromatic carbocycles. The first kappa shape index (κ1) is 54.2. The quantitative estimate of drug-likeness (QED) is 0.0268. The van der Waals surface area contributed by atoms with Crippen molar-refractivity contribution in [3.8, 4) is 0 Å². The fourth-order valence-corrected chi connectivity index (χ4v) is 6.32. The molecule has 0 rings (SSSR count). The van der Waals surface area contributed by atoms with E-state index in [4.69, 9.17) is 24.3 Å². The van der Waals surface area contributed by atoms with Gasteiger partial charge in [0.1, 0.15) is 6.61 Å². The second-order valence-corrected chi connectivity index (χ2v) is 15.6. The summed E-state index contributed by atoms with van der Waals surface area (Å²) in [4.78, 5) is 34.8. The molecule has 0 aliphatic carbocycles. The number of carbonyl (C=O) groups excluding carboxylic acids is 2. The molecule has 0 saturated heterocycles. The molecule has 0 aromatic heterocycles. The highest BCUT2D eigenvalue weighted by Gasteiger charge is 2.25. The number of phosphoric ester groups is 1. The molecule has 9 nitrogen and oxygen atoms in total. The zero-order chi connectivity index (χ0) is 41.8. The summed E-state index contributed by atoms with van der Waals surface area (Å²) in [7, 11) is -4.41. The third-order valence-electron chi connectivity index (χ3n) is 8.79. The van der Waals surface area contributed by atoms with Crippen molar-refractivity contribution in [3.63, 3.8) is 0 Å². The van der Waals surface area contributed by atoms with E-state index in [0.717, 1.165) is 51.4 Å². The van der Waals surface area contributed by atoms with Crippen LogP contribution in [0.15, 0.2) is 85.1 Å². The van der Waals surface area contributed by atoms with Gasteiger partial charge in [-0.1, -0.05) is 176 Å². The Kier molecular flexibility index (Phi) is 40.7. The minimum atomic E-state index is -4.41. The van der Waals surface area contributed by atoms with E-state index in [9.17, 15) is 19.0 Å². The Morgan fingerprint density at radius 2 is 0.965 bits per heavy atom. The third kappa shape index (κ3) is 42.6. The van der Waals surface area contributed by atoms with Crippen molar-refractivity contribution in [3.05, 3.63) is 85.1 Å². The van der Waals surface area contributed by atoms with Crippen LogP contribution in [0.25, 0.3) is 0 Å². The molecule has 0 spiro atoms. The van der Waals surface area contributed by atoms with Gasteiger partial charge in [-0.15, -0.1) is 0 Å². The van der Waals surface area contributed by atoms with Crippen LogP contribution in [0.5, 0.6) is 0 Å². The number of hydrogen-bond donors (Lipinski definition) is 2. The molecule has 3 N–H and O–H groups in total. The number of nitrogens with two attached hydrogens (primary N) is 1. The van der Waals surface area contributed by atoms with Crippen LogP contribution in [-0.4, -0.2) is 49.3 Å². The Morgan fingerprint density at radius 3 is 1.46 bits per heavy atom. The maximum Gasteiger partial charge on any atom is 0.472 e. The Labute approximate surface area is 347 Å². The molecule has 0 aliphatic heterocycles. The second-order valence-electron chi connectivity index (χ2n) is 14.2. The average Bonchev–Trinajstić information content (AvgIpc) is 3.20. The zero-order valence-corrected chi connectivity index (χ0v) is 36.7. The molecule has 0 fully saturated rings. The molecule has 0 bridgehead atoms. The van der Waals surface area contributed by atoms with Crippen LogP contribution in [0.1, 0.15) is 168 Å². The fraction of sp³-hybridized carbons (Fsp3) is 0.660. The summed E-state index contributed by atoms with van der Waals surface area (Å²) in [5.74, 6) is -0.989. The highest BCUT2D eigenvalue weighted by atomic mass is 31.2. The molecule has 2 unspecified atom stereocenters. The molecular weight excluding hydrogens is 737 g/mol. The molecule has 0 aliphatic rings. The lowest BCUT2D eigenvalue weighted by atomic mass is 10.0. The van der Waals surface area contributed by atoms with Crippen LogP contribution >= 0.6 is 7.82 Å². The summed E-state index contributed by atoms with van der Waals surface area (Å²) >= 11 is 0. The molecule has 0 radical (unpaired) electrons. The molecule has 2 atom stereocenters. The van der Waals surface area contributed by atoms with Gasteiger partial charge < -0.3 is 20.1 Å². The first-order valence-corrected chi connectivity index (χ1v) is 23.6. The molecule has 326 valence electrons. The van der Waals surface area contributed by atoms with Gasteiger partial charge >= 0.3 is 19.8 Å².